The summed E-state index contributed by atoms with van der Waals surface area (Å²) in [6.07, 6.45) is 1.31. The summed E-state index contributed by atoms with van der Waals surface area (Å²) in [5.41, 5.74) is 1.22. The predicted octanol–water partition coefficient (Wildman–Crippen LogP) is 4.14. The van der Waals surface area contributed by atoms with Crippen LogP contribution in [0.15, 0.2) is 82.8 Å². The average molecular weight is 446 g/mol. The highest BCUT2D eigenvalue weighted by Gasteiger charge is 2.16. The predicted molar refractivity (Wildman–Crippen MR) is 113 cm³/mol. The Morgan fingerprint density at radius 3 is 2.53 bits per heavy atom. The lowest BCUT2D eigenvalue weighted by Gasteiger charge is -2.07. The largest absolute Gasteiger partial charge is 0.489 e. The third-order valence-corrected chi connectivity index (χ3v) is 5.37. The van der Waals surface area contributed by atoms with Gasteiger partial charge in [0, 0.05) is 17.2 Å². The van der Waals surface area contributed by atoms with Crippen molar-refractivity contribution in [2.75, 3.05) is 0 Å². The standard InChI is InChI=1S/C20H16ClN3O5S/c21-17-9-7-15(8-10-17)14-29-19-5-1-3-16(11-19)13-22-23-30(27,28)20-6-2-4-18(12-20)24(25)26/h1-13,23H,14H2/b22-13+. The number of nitro groups is 1. The third kappa shape index (κ3) is 5.79. The quantitative estimate of drug-likeness (QED) is 0.318. The molecule has 1 N–H and O–H groups in total. The zero-order valence-corrected chi connectivity index (χ0v) is 17.0. The minimum absolute atomic E-state index is 0.256. The van der Waals surface area contributed by atoms with Gasteiger partial charge < -0.3 is 4.74 Å². The summed E-state index contributed by atoms with van der Waals surface area (Å²) in [6.45, 7) is 0.344. The molecule has 0 unspecified atom stereocenters. The molecule has 0 aromatic heterocycles. The molecule has 0 aliphatic rings. The monoisotopic (exact) mass is 445 g/mol. The number of rotatable bonds is 8. The Kier molecular flexibility index (Phi) is 6.65. The van der Waals surface area contributed by atoms with Gasteiger partial charge in [-0.3, -0.25) is 10.1 Å². The maximum absolute atomic E-state index is 12.3. The van der Waals surface area contributed by atoms with E-state index in [9.17, 15) is 18.5 Å². The Balaban J connectivity index is 1.64. The van der Waals surface area contributed by atoms with Gasteiger partial charge in [-0.1, -0.05) is 41.9 Å². The Bertz CT molecular complexity index is 1180. The van der Waals surface area contributed by atoms with Crippen LogP contribution >= 0.6 is 11.6 Å². The van der Waals surface area contributed by atoms with E-state index in [0.29, 0.717) is 22.9 Å². The summed E-state index contributed by atoms with van der Waals surface area (Å²) >= 11 is 5.86. The fourth-order valence-corrected chi connectivity index (χ4v) is 3.38. The number of nitrogens with zero attached hydrogens (tertiary/aromatic N) is 2. The number of non-ortho nitro benzene ring substituents is 1. The second-order valence-electron chi connectivity index (χ2n) is 6.10. The number of hydrogen-bond acceptors (Lipinski definition) is 6. The first-order valence-electron chi connectivity index (χ1n) is 8.60. The van der Waals surface area contributed by atoms with Crippen molar-refractivity contribution in [1.29, 1.82) is 0 Å². The number of sulfonamides is 1. The van der Waals surface area contributed by atoms with Crippen LogP contribution in [0.5, 0.6) is 5.75 Å². The normalized spacial score (nSPS) is 11.4. The van der Waals surface area contributed by atoms with Crippen molar-refractivity contribution in [3.05, 3.63) is 99.1 Å². The van der Waals surface area contributed by atoms with Crippen LogP contribution in [0.25, 0.3) is 0 Å². The van der Waals surface area contributed by atoms with E-state index >= 15 is 0 Å². The summed E-state index contributed by atoms with van der Waals surface area (Å²) in [6, 6.07) is 18.9. The van der Waals surface area contributed by atoms with Gasteiger partial charge in [0.1, 0.15) is 12.4 Å². The van der Waals surface area contributed by atoms with Crippen molar-refractivity contribution < 1.29 is 18.1 Å². The maximum Gasteiger partial charge on any atom is 0.276 e. The smallest absolute Gasteiger partial charge is 0.276 e. The van der Waals surface area contributed by atoms with Gasteiger partial charge in [-0.05, 0) is 41.5 Å². The molecule has 0 saturated heterocycles. The maximum atomic E-state index is 12.3. The van der Waals surface area contributed by atoms with E-state index < -0.39 is 14.9 Å². The second-order valence-corrected chi connectivity index (χ2v) is 8.19. The van der Waals surface area contributed by atoms with Crippen LogP contribution in [0.3, 0.4) is 0 Å². The van der Waals surface area contributed by atoms with Crippen molar-refractivity contribution in [1.82, 2.24) is 4.83 Å². The van der Waals surface area contributed by atoms with Crippen LogP contribution in [0, 0.1) is 10.1 Å². The second kappa shape index (κ2) is 9.38. The van der Waals surface area contributed by atoms with Crippen LogP contribution in [0.2, 0.25) is 5.02 Å². The molecule has 0 aliphatic carbocycles. The lowest BCUT2D eigenvalue weighted by Crippen LogP contribution is -2.18. The van der Waals surface area contributed by atoms with Crippen LogP contribution < -0.4 is 9.57 Å². The Hall–Kier alpha value is -3.43. The highest BCUT2D eigenvalue weighted by Crippen LogP contribution is 2.18. The molecular formula is C20H16ClN3O5S. The average Bonchev–Trinajstić information content (AvgIpc) is 2.73. The van der Waals surface area contributed by atoms with Gasteiger partial charge in [0.15, 0.2) is 0 Å². The fourth-order valence-electron chi connectivity index (χ4n) is 2.42. The topological polar surface area (TPSA) is 111 Å². The van der Waals surface area contributed by atoms with E-state index in [1.165, 1.54) is 24.4 Å². The molecule has 3 aromatic carbocycles. The van der Waals surface area contributed by atoms with Crippen LogP contribution in [-0.4, -0.2) is 19.6 Å². The lowest BCUT2D eigenvalue weighted by molar-refractivity contribution is -0.385. The molecule has 3 rings (SSSR count). The van der Waals surface area contributed by atoms with Gasteiger partial charge in [-0.25, -0.2) is 4.83 Å². The van der Waals surface area contributed by atoms with E-state index in [0.717, 1.165) is 11.6 Å². The number of benzene rings is 3. The van der Waals surface area contributed by atoms with Crippen molar-refractivity contribution in [2.24, 2.45) is 5.10 Å². The number of hydrogen-bond donors (Lipinski definition) is 1. The van der Waals surface area contributed by atoms with Crippen molar-refractivity contribution in [2.45, 2.75) is 11.5 Å². The summed E-state index contributed by atoms with van der Waals surface area (Å²) in [7, 11) is -4.04. The molecule has 0 aliphatic heterocycles. The van der Waals surface area contributed by atoms with Gasteiger partial charge in [0.05, 0.1) is 16.0 Å². The zero-order valence-electron chi connectivity index (χ0n) is 15.4. The van der Waals surface area contributed by atoms with Crippen LogP contribution in [0.1, 0.15) is 11.1 Å². The number of nitrogens with one attached hydrogen (secondary N) is 1. The van der Waals surface area contributed by atoms with Crippen LogP contribution in [0.4, 0.5) is 5.69 Å². The molecule has 8 nitrogen and oxygen atoms in total. The molecule has 0 bridgehead atoms. The van der Waals surface area contributed by atoms with Gasteiger partial charge >= 0.3 is 0 Å². The first-order valence-corrected chi connectivity index (χ1v) is 10.5. The highest BCUT2D eigenvalue weighted by molar-refractivity contribution is 7.89. The van der Waals surface area contributed by atoms with E-state index in [2.05, 4.69) is 5.10 Å². The lowest BCUT2D eigenvalue weighted by atomic mass is 10.2. The number of ether oxygens (including phenoxy) is 1. The van der Waals surface area contributed by atoms with Crippen molar-refractivity contribution in [3.8, 4) is 5.75 Å². The third-order valence-electron chi connectivity index (χ3n) is 3.90. The Morgan fingerprint density at radius 1 is 1.07 bits per heavy atom. The number of nitro benzene ring substituents is 1. The summed E-state index contributed by atoms with van der Waals surface area (Å²) < 4.78 is 30.2. The molecule has 10 heteroatoms. The SMILES string of the molecule is O=[N+]([O-])c1cccc(S(=O)(=O)N/N=C/c2cccc(OCc3ccc(Cl)cc3)c2)c1. The van der Waals surface area contributed by atoms with Crippen LogP contribution in [-0.2, 0) is 16.6 Å². The number of hydrazone groups is 1. The van der Waals surface area contributed by atoms with E-state index in [-0.39, 0.29) is 10.6 Å². The van der Waals surface area contributed by atoms with E-state index in [4.69, 9.17) is 16.3 Å². The highest BCUT2D eigenvalue weighted by atomic mass is 35.5. The number of halogens is 1. The minimum atomic E-state index is -4.04. The molecule has 0 fully saturated rings. The molecule has 0 radical (unpaired) electrons. The van der Waals surface area contributed by atoms with Crippen molar-refractivity contribution in [3.63, 3.8) is 0 Å². The van der Waals surface area contributed by atoms with E-state index in [1.807, 2.05) is 17.0 Å². The Labute approximate surface area is 178 Å². The summed E-state index contributed by atoms with van der Waals surface area (Å²) in [5.74, 6) is 0.579. The Morgan fingerprint density at radius 2 is 1.80 bits per heavy atom. The minimum Gasteiger partial charge on any atom is -0.489 e. The van der Waals surface area contributed by atoms with Crippen molar-refractivity contribution >= 4 is 33.5 Å². The molecular weight excluding hydrogens is 430 g/mol. The first-order chi connectivity index (χ1) is 14.3. The van der Waals surface area contributed by atoms with Gasteiger partial charge in [-0.2, -0.15) is 13.5 Å². The fraction of sp³-hybridized carbons (Fsp3) is 0.0500. The van der Waals surface area contributed by atoms with Gasteiger partial charge in [0.2, 0.25) is 0 Å². The molecule has 0 heterocycles. The molecule has 0 saturated carbocycles. The molecule has 30 heavy (non-hydrogen) atoms. The molecule has 0 atom stereocenters. The molecule has 3 aromatic rings. The molecule has 154 valence electrons. The first kappa shape index (κ1) is 21.3. The van der Waals surface area contributed by atoms with E-state index in [1.54, 1.807) is 36.4 Å². The summed E-state index contributed by atoms with van der Waals surface area (Å²) in [5, 5.41) is 15.2. The van der Waals surface area contributed by atoms with Gasteiger partial charge in [-0.15, -0.1) is 0 Å². The van der Waals surface area contributed by atoms with Gasteiger partial charge in [0.25, 0.3) is 15.7 Å². The molecule has 0 amide bonds. The summed E-state index contributed by atoms with van der Waals surface area (Å²) in [4.78, 5) is 11.9. The molecule has 0 spiro atoms. The zero-order chi connectivity index (χ0) is 21.6.